The summed E-state index contributed by atoms with van der Waals surface area (Å²) in [5.41, 5.74) is 0.679. The third-order valence-electron chi connectivity index (χ3n) is 3.98. The highest BCUT2D eigenvalue weighted by atomic mass is 19.1. The molecule has 7 heteroatoms. The van der Waals surface area contributed by atoms with Gasteiger partial charge in [-0.2, -0.15) is 0 Å². The van der Waals surface area contributed by atoms with Crippen LogP contribution < -0.4 is 10.1 Å². The van der Waals surface area contributed by atoms with Crippen LogP contribution in [0.1, 0.15) is 17.9 Å². The molecule has 0 atom stereocenters. The molecule has 0 fully saturated rings. The van der Waals surface area contributed by atoms with Crippen molar-refractivity contribution in [1.29, 1.82) is 0 Å². The number of aryl methyl sites for hydroxylation is 1. The van der Waals surface area contributed by atoms with Gasteiger partial charge in [-0.1, -0.05) is 18.2 Å². The zero-order valence-corrected chi connectivity index (χ0v) is 14.7. The summed E-state index contributed by atoms with van der Waals surface area (Å²) in [6.07, 6.45) is 1.63. The standard InChI is InChI=1S/C20H18F2N2O3/c1-26-14-7-5-13(6-8-14)11-23-18(25)9-10-19-24-12-17(27-19)20-15(21)3-2-4-16(20)22/h2-8,12H,9-11H2,1H3,(H,23,25). The lowest BCUT2D eigenvalue weighted by Gasteiger charge is -2.05. The van der Waals surface area contributed by atoms with Crippen molar-refractivity contribution in [3.8, 4) is 17.1 Å². The zero-order chi connectivity index (χ0) is 19.2. The van der Waals surface area contributed by atoms with Crippen molar-refractivity contribution in [2.75, 3.05) is 7.11 Å². The van der Waals surface area contributed by atoms with Crippen LogP contribution in [0.3, 0.4) is 0 Å². The smallest absolute Gasteiger partial charge is 0.220 e. The van der Waals surface area contributed by atoms with Crippen molar-refractivity contribution < 1.29 is 22.7 Å². The van der Waals surface area contributed by atoms with Crippen LogP contribution in [-0.2, 0) is 17.8 Å². The van der Waals surface area contributed by atoms with Crippen molar-refractivity contribution >= 4 is 5.91 Å². The van der Waals surface area contributed by atoms with Crippen molar-refractivity contribution in [2.24, 2.45) is 0 Å². The van der Waals surface area contributed by atoms with Crippen LogP contribution in [0.4, 0.5) is 8.78 Å². The van der Waals surface area contributed by atoms with Crippen LogP contribution in [0, 0.1) is 11.6 Å². The van der Waals surface area contributed by atoms with Gasteiger partial charge < -0.3 is 14.5 Å². The molecule has 0 bridgehead atoms. The Hall–Kier alpha value is -3.22. The van der Waals surface area contributed by atoms with Crippen LogP contribution >= 0.6 is 0 Å². The van der Waals surface area contributed by atoms with Gasteiger partial charge in [-0.25, -0.2) is 13.8 Å². The fraction of sp³-hybridized carbons (Fsp3) is 0.200. The molecule has 0 saturated heterocycles. The Balaban J connectivity index is 1.53. The van der Waals surface area contributed by atoms with E-state index < -0.39 is 11.6 Å². The Bertz CT molecular complexity index is 903. The molecular weight excluding hydrogens is 354 g/mol. The number of hydrogen-bond donors (Lipinski definition) is 1. The van der Waals surface area contributed by atoms with Crippen molar-refractivity contribution in [3.05, 3.63) is 71.8 Å². The number of carbonyl (C=O) groups is 1. The molecule has 0 radical (unpaired) electrons. The number of carbonyl (C=O) groups excluding carboxylic acids is 1. The van der Waals surface area contributed by atoms with Crippen LogP contribution in [0.2, 0.25) is 0 Å². The van der Waals surface area contributed by atoms with Gasteiger partial charge in [0.25, 0.3) is 0 Å². The number of aromatic nitrogens is 1. The predicted molar refractivity (Wildman–Crippen MR) is 95.0 cm³/mol. The number of oxazole rings is 1. The lowest BCUT2D eigenvalue weighted by atomic mass is 10.1. The highest BCUT2D eigenvalue weighted by Gasteiger charge is 2.16. The minimum Gasteiger partial charge on any atom is -0.497 e. The second kappa shape index (κ2) is 8.44. The number of hydrogen-bond acceptors (Lipinski definition) is 4. The molecule has 3 aromatic rings. The topological polar surface area (TPSA) is 64.4 Å². The Morgan fingerprint density at radius 1 is 1.15 bits per heavy atom. The molecule has 1 amide bonds. The first-order valence-electron chi connectivity index (χ1n) is 8.35. The molecule has 0 aliphatic rings. The SMILES string of the molecule is COc1ccc(CNC(=O)CCc2ncc(-c3c(F)cccc3F)o2)cc1. The predicted octanol–water partition coefficient (Wildman–Crippen LogP) is 3.88. The minimum absolute atomic E-state index is 0.000703. The lowest BCUT2D eigenvalue weighted by Crippen LogP contribution is -2.23. The van der Waals surface area contributed by atoms with Crippen LogP contribution in [-0.4, -0.2) is 18.0 Å². The molecule has 0 spiro atoms. The molecule has 2 aromatic carbocycles. The summed E-state index contributed by atoms with van der Waals surface area (Å²) in [6.45, 7) is 0.389. The molecular formula is C20H18F2N2O3. The number of halogens is 2. The summed E-state index contributed by atoms with van der Waals surface area (Å²) in [4.78, 5) is 16.0. The van der Waals surface area contributed by atoms with E-state index in [2.05, 4.69) is 10.3 Å². The number of nitrogens with one attached hydrogen (secondary N) is 1. The second-order valence-electron chi connectivity index (χ2n) is 5.84. The van der Waals surface area contributed by atoms with E-state index in [-0.39, 0.29) is 36.0 Å². The van der Waals surface area contributed by atoms with E-state index in [4.69, 9.17) is 9.15 Å². The summed E-state index contributed by atoms with van der Waals surface area (Å²) in [7, 11) is 1.59. The van der Waals surface area contributed by atoms with Crippen molar-refractivity contribution in [3.63, 3.8) is 0 Å². The van der Waals surface area contributed by atoms with E-state index >= 15 is 0 Å². The Morgan fingerprint density at radius 2 is 1.85 bits per heavy atom. The first-order valence-corrected chi connectivity index (χ1v) is 8.35. The third-order valence-corrected chi connectivity index (χ3v) is 3.98. The Labute approximate surface area is 155 Å². The van der Waals surface area contributed by atoms with Gasteiger partial charge in [0.15, 0.2) is 11.7 Å². The normalized spacial score (nSPS) is 10.6. The monoisotopic (exact) mass is 372 g/mol. The van der Waals surface area contributed by atoms with E-state index in [0.717, 1.165) is 23.4 Å². The molecule has 0 aliphatic heterocycles. The molecule has 3 rings (SSSR count). The summed E-state index contributed by atoms with van der Waals surface area (Å²) in [6, 6.07) is 10.9. The van der Waals surface area contributed by atoms with Gasteiger partial charge in [0.2, 0.25) is 5.91 Å². The number of amides is 1. The molecule has 5 nitrogen and oxygen atoms in total. The fourth-order valence-corrected chi connectivity index (χ4v) is 2.53. The van der Waals surface area contributed by atoms with Gasteiger partial charge >= 0.3 is 0 Å². The second-order valence-corrected chi connectivity index (χ2v) is 5.84. The van der Waals surface area contributed by atoms with E-state index in [1.165, 1.54) is 12.3 Å². The fourth-order valence-electron chi connectivity index (χ4n) is 2.53. The number of methoxy groups -OCH3 is 1. The van der Waals surface area contributed by atoms with E-state index in [0.29, 0.717) is 6.54 Å². The summed E-state index contributed by atoms with van der Waals surface area (Å²) in [5.74, 6) is -0.643. The third kappa shape index (κ3) is 4.69. The maximum absolute atomic E-state index is 13.8. The zero-order valence-electron chi connectivity index (χ0n) is 14.7. The number of ether oxygens (including phenoxy) is 1. The highest BCUT2D eigenvalue weighted by molar-refractivity contribution is 5.76. The Kier molecular flexibility index (Phi) is 5.80. The van der Waals surface area contributed by atoms with Gasteiger partial charge in [-0.15, -0.1) is 0 Å². The van der Waals surface area contributed by atoms with E-state index in [1.54, 1.807) is 7.11 Å². The summed E-state index contributed by atoms with van der Waals surface area (Å²) in [5, 5.41) is 2.79. The number of nitrogens with zero attached hydrogens (tertiary/aromatic N) is 1. The molecule has 1 N–H and O–H groups in total. The first kappa shape index (κ1) is 18.6. The van der Waals surface area contributed by atoms with Gasteiger partial charge in [-0.05, 0) is 29.8 Å². The molecule has 1 aromatic heterocycles. The summed E-state index contributed by atoms with van der Waals surface area (Å²) >= 11 is 0. The van der Waals surface area contributed by atoms with Gasteiger partial charge in [0.1, 0.15) is 17.4 Å². The first-order chi connectivity index (χ1) is 13.1. The average molecular weight is 372 g/mol. The average Bonchev–Trinajstić information content (AvgIpc) is 3.13. The summed E-state index contributed by atoms with van der Waals surface area (Å²) < 4.78 is 38.0. The number of rotatable bonds is 7. The quantitative estimate of drug-likeness (QED) is 0.684. The van der Waals surface area contributed by atoms with Crippen LogP contribution in [0.15, 0.2) is 53.1 Å². The molecule has 0 aliphatic carbocycles. The number of benzene rings is 2. The van der Waals surface area contributed by atoms with E-state index in [1.807, 2.05) is 24.3 Å². The van der Waals surface area contributed by atoms with Crippen LogP contribution in [0.25, 0.3) is 11.3 Å². The maximum atomic E-state index is 13.8. The van der Waals surface area contributed by atoms with Crippen molar-refractivity contribution in [1.82, 2.24) is 10.3 Å². The van der Waals surface area contributed by atoms with Crippen molar-refractivity contribution in [2.45, 2.75) is 19.4 Å². The molecule has 1 heterocycles. The molecule has 140 valence electrons. The maximum Gasteiger partial charge on any atom is 0.220 e. The molecule has 0 unspecified atom stereocenters. The van der Waals surface area contributed by atoms with Gasteiger partial charge in [0, 0.05) is 19.4 Å². The largest absolute Gasteiger partial charge is 0.497 e. The minimum atomic E-state index is -0.727. The molecule has 27 heavy (non-hydrogen) atoms. The highest BCUT2D eigenvalue weighted by Crippen LogP contribution is 2.26. The van der Waals surface area contributed by atoms with Gasteiger partial charge in [0.05, 0.1) is 18.9 Å². The molecule has 0 saturated carbocycles. The Morgan fingerprint density at radius 3 is 2.52 bits per heavy atom. The van der Waals surface area contributed by atoms with Crippen LogP contribution in [0.5, 0.6) is 5.75 Å². The lowest BCUT2D eigenvalue weighted by molar-refractivity contribution is -0.121. The van der Waals surface area contributed by atoms with E-state index in [9.17, 15) is 13.6 Å². The van der Waals surface area contributed by atoms with Gasteiger partial charge in [-0.3, -0.25) is 4.79 Å².